The predicted octanol–water partition coefficient (Wildman–Crippen LogP) is 3.57. The molecule has 0 unspecified atom stereocenters. The highest BCUT2D eigenvalue weighted by atomic mass is 32.2. The zero-order valence-electron chi connectivity index (χ0n) is 15.3. The normalized spacial score (nSPS) is 10.7. The Hall–Kier alpha value is -3.33. The lowest BCUT2D eigenvalue weighted by Gasteiger charge is -2.09. The number of nitrogens with zero attached hydrogens (tertiary/aromatic N) is 3. The van der Waals surface area contributed by atoms with Gasteiger partial charge in [0.05, 0.1) is 5.75 Å². The molecule has 7 nitrogen and oxygen atoms in total. The van der Waals surface area contributed by atoms with E-state index in [1.807, 2.05) is 0 Å². The number of ether oxygens (including phenoxy) is 1. The Balaban J connectivity index is 1.67. The number of carbonyl (C=O) groups excluding carboxylic acids is 1. The van der Waals surface area contributed by atoms with Crippen LogP contribution < -0.4 is 4.74 Å². The van der Waals surface area contributed by atoms with Gasteiger partial charge in [-0.25, -0.2) is 4.39 Å². The van der Waals surface area contributed by atoms with Crippen LogP contribution in [0.4, 0.5) is 4.39 Å². The molecule has 0 saturated carbocycles. The van der Waals surface area contributed by atoms with Gasteiger partial charge in [-0.15, -0.1) is 16.8 Å². The second-order valence-corrected chi connectivity index (χ2v) is 6.90. The van der Waals surface area contributed by atoms with Crippen molar-refractivity contribution in [2.24, 2.45) is 0 Å². The van der Waals surface area contributed by atoms with Gasteiger partial charge in [-0.05, 0) is 42.5 Å². The van der Waals surface area contributed by atoms with Crippen LogP contribution in [0.15, 0.2) is 60.3 Å². The van der Waals surface area contributed by atoms with Crippen molar-refractivity contribution >= 4 is 17.5 Å². The number of aromatic nitrogens is 3. The number of carbonyl (C=O) groups is 1. The molecule has 1 heterocycles. The fourth-order valence-electron chi connectivity index (χ4n) is 2.43. The standard InChI is InChI=1S/C20H18FN3O4S/c1-2-9-24-19(11-28-15-6-4-14(21)5-7-15)22-23-20(24)29-12-18(27)13-3-8-16(25)17(26)10-13/h2-8,10,25-26H,1,9,11-12H2. The fourth-order valence-corrected chi connectivity index (χ4v) is 3.30. The van der Waals surface area contributed by atoms with Gasteiger partial charge in [0.25, 0.3) is 0 Å². The van der Waals surface area contributed by atoms with E-state index in [0.717, 1.165) is 0 Å². The Labute approximate surface area is 170 Å². The number of hydrogen-bond acceptors (Lipinski definition) is 7. The highest BCUT2D eigenvalue weighted by molar-refractivity contribution is 7.99. The van der Waals surface area contributed by atoms with Crippen LogP contribution in [0.2, 0.25) is 0 Å². The van der Waals surface area contributed by atoms with Crippen LogP contribution in [0.1, 0.15) is 16.2 Å². The van der Waals surface area contributed by atoms with Gasteiger partial charge in [0, 0.05) is 12.1 Å². The van der Waals surface area contributed by atoms with Gasteiger partial charge >= 0.3 is 0 Å². The first-order chi connectivity index (χ1) is 14.0. The topological polar surface area (TPSA) is 97.5 Å². The molecular formula is C20H18FN3O4S. The first kappa shape index (κ1) is 20.4. The Morgan fingerprint density at radius 2 is 1.93 bits per heavy atom. The molecule has 3 aromatic rings. The van der Waals surface area contributed by atoms with Gasteiger partial charge < -0.3 is 14.9 Å². The third kappa shape index (κ3) is 5.14. The molecule has 29 heavy (non-hydrogen) atoms. The van der Waals surface area contributed by atoms with Gasteiger partial charge in [0.15, 0.2) is 28.3 Å². The summed E-state index contributed by atoms with van der Waals surface area (Å²) in [4.78, 5) is 12.3. The molecule has 0 aliphatic carbocycles. The zero-order valence-corrected chi connectivity index (χ0v) is 16.1. The van der Waals surface area contributed by atoms with Crippen LogP contribution in [-0.4, -0.2) is 36.5 Å². The van der Waals surface area contributed by atoms with E-state index in [1.165, 1.54) is 54.2 Å². The zero-order chi connectivity index (χ0) is 20.8. The lowest BCUT2D eigenvalue weighted by atomic mass is 10.1. The summed E-state index contributed by atoms with van der Waals surface area (Å²) in [5.74, 6) is -0.123. The molecule has 0 aliphatic rings. The first-order valence-corrected chi connectivity index (χ1v) is 9.56. The van der Waals surface area contributed by atoms with Crippen molar-refractivity contribution in [1.82, 2.24) is 14.8 Å². The molecule has 1 aromatic heterocycles. The smallest absolute Gasteiger partial charge is 0.192 e. The van der Waals surface area contributed by atoms with Crippen LogP contribution in [0.5, 0.6) is 17.2 Å². The van der Waals surface area contributed by atoms with Crippen molar-refractivity contribution in [3.05, 3.63) is 72.3 Å². The average Bonchev–Trinajstić information content (AvgIpc) is 3.10. The van der Waals surface area contributed by atoms with Crippen molar-refractivity contribution < 1.29 is 24.1 Å². The summed E-state index contributed by atoms with van der Waals surface area (Å²) in [7, 11) is 0. The highest BCUT2D eigenvalue weighted by Crippen LogP contribution is 2.26. The molecule has 0 radical (unpaired) electrons. The number of phenolic OH excluding ortho intramolecular Hbond substituents is 2. The molecule has 0 atom stereocenters. The largest absolute Gasteiger partial charge is 0.504 e. The number of benzene rings is 2. The number of ketones is 1. The second kappa shape index (κ2) is 9.24. The van der Waals surface area contributed by atoms with E-state index in [0.29, 0.717) is 23.3 Å². The first-order valence-electron chi connectivity index (χ1n) is 8.57. The van der Waals surface area contributed by atoms with Crippen molar-refractivity contribution in [2.45, 2.75) is 18.3 Å². The maximum atomic E-state index is 13.0. The number of Topliss-reactive ketones (excluding diaryl/α,β-unsaturated/α-hetero) is 1. The average molecular weight is 415 g/mol. The van der Waals surface area contributed by atoms with E-state index >= 15 is 0 Å². The number of phenols is 2. The summed E-state index contributed by atoms with van der Waals surface area (Å²) in [6.45, 7) is 4.26. The van der Waals surface area contributed by atoms with Crippen LogP contribution in [0, 0.1) is 5.82 Å². The molecule has 0 spiro atoms. The van der Waals surface area contributed by atoms with Crippen LogP contribution >= 0.6 is 11.8 Å². The summed E-state index contributed by atoms with van der Waals surface area (Å²) >= 11 is 1.19. The summed E-state index contributed by atoms with van der Waals surface area (Å²) in [6.07, 6.45) is 1.68. The van der Waals surface area contributed by atoms with Gasteiger partial charge in [-0.1, -0.05) is 17.8 Å². The highest BCUT2D eigenvalue weighted by Gasteiger charge is 2.16. The van der Waals surface area contributed by atoms with Crippen molar-refractivity contribution in [3.8, 4) is 17.2 Å². The number of aromatic hydroxyl groups is 2. The van der Waals surface area contributed by atoms with E-state index < -0.39 is 0 Å². The molecule has 2 N–H and O–H groups in total. The fraction of sp³-hybridized carbons (Fsp3) is 0.150. The van der Waals surface area contributed by atoms with Crippen molar-refractivity contribution in [1.29, 1.82) is 0 Å². The minimum atomic E-state index is -0.351. The van der Waals surface area contributed by atoms with Crippen LogP contribution in [-0.2, 0) is 13.2 Å². The van der Waals surface area contributed by atoms with E-state index in [-0.39, 0.29) is 41.0 Å². The quantitative estimate of drug-likeness (QED) is 0.239. The lowest BCUT2D eigenvalue weighted by molar-refractivity contribution is 0.102. The van der Waals surface area contributed by atoms with Crippen molar-refractivity contribution in [3.63, 3.8) is 0 Å². The van der Waals surface area contributed by atoms with Crippen LogP contribution in [0.25, 0.3) is 0 Å². The lowest BCUT2D eigenvalue weighted by Crippen LogP contribution is -2.09. The van der Waals surface area contributed by atoms with Gasteiger partial charge in [0.2, 0.25) is 0 Å². The molecule has 0 bridgehead atoms. The Bertz CT molecular complexity index is 1020. The summed E-state index contributed by atoms with van der Waals surface area (Å²) in [5, 5.41) is 27.6. The van der Waals surface area contributed by atoms with Gasteiger partial charge in [-0.3, -0.25) is 9.36 Å². The van der Waals surface area contributed by atoms with E-state index in [1.54, 1.807) is 10.6 Å². The van der Waals surface area contributed by atoms with Crippen LogP contribution in [0.3, 0.4) is 0 Å². The van der Waals surface area contributed by atoms with Gasteiger partial charge in [0.1, 0.15) is 18.2 Å². The molecule has 2 aromatic carbocycles. The summed E-state index contributed by atoms with van der Waals surface area (Å²) in [6, 6.07) is 9.56. The Kier molecular flexibility index (Phi) is 6.50. The molecule has 0 aliphatic heterocycles. The molecule has 0 amide bonds. The number of allylic oxidation sites excluding steroid dienone is 1. The number of hydrogen-bond donors (Lipinski definition) is 2. The maximum absolute atomic E-state index is 13.0. The monoisotopic (exact) mass is 415 g/mol. The van der Waals surface area contributed by atoms with E-state index in [9.17, 15) is 19.4 Å². The third-order valence-electron chi connectivity index (χ3n) is 3.92. The molecule has 0 saturated heterocycles. The minimum absolute atomic E-state index is 0.0678. The number of thioether (sulfide) groups is 1. The third-order valence-corrected chi connectivity index (χ3v) is 4.88. The molecule has 150 valence electrons. The molecule has 0 fully saturated rings. The van der Waals surface area contributed by atoms with E-state index in [2.05, 4.69) is 16.8 Å². The summed E-state index contributed by atoms with van der Waals surface area (Å²) < 4.78 is 20.4. The SMILES string of the molecule is C=CCn1c(COc2ccc(F)cc2)nnc1SCC(=O)c1ccc(O)c(O)c1. The van der Waals surface area contributed by atoms with Gasteiger partial charge in [-0.2, -0.15) is 0 Å². The molecular weight excluding hydrogens is 397 g/mol. The van der Waals surface area contributed by atoms with Crippen molar-refractivity contribution in [2.75, 3.05) is 5.75 Å². The maximum Gasteiger partial charge on any atom is 0.192 e. The Morgan fingerprint density at radius 3 is 2.62 bits per heavy atom. The molecule has 3 rings (SSSR count). The minimum Gasteiger partial charge on any atom is -0.504 e. The summed E-state index contributed by atoms with van der Waals surface area (Å²) in [5.41, 5.74) is 0.280. The predicted molar refractivity (Wildman–Crippen MR) is 106 cm³/mol. The Morgan fingerprint density at radius 1 is 1.17 bits per heavy atom. The second-order valence-electron chi connectivity index (χ2n) is 5.96. The molecule has 9 heteroatoms. The number of rotatable bonds is 9. The number of halogens is 1. The van der Waals surface area contributed by atoms with E-state index in [4.69, 9.17) is 4.74 Å².